The van der Waals surface area contributed by atoms with E-state index in [1.165, 1.54) is 12.8 Å². The summed E-state index contributed by atoms with van der Waals surface area (Å²) in [4.78, 5) is 7.17. The van der Waals surface area contributed by atoms with E-state index >= 15 is 0 Å². The number of hydrogen-bond donors (Lipinski definition) is 2. The Morgan fingerprint density at radius 1 is 1.15 bits per heavy atom. The number of guanidine groups is 1. The standard InChI is InChI=1S/C19H32N4O2.HI/c1-4-20-19(22-15-16-5-9-18(25-3)10-6-16)21-11-12-23(13-14-24-2)17-7-8-17;/h5-6,9-10,17H,4,7-8,11-15H2,1-3H3,(H2,20,21,22);1H. The Bertz CT molecular complexity index is 521. The van der Waals surface area contributed by atoms with Gasteiger partial charge in [-0.05, 0) is 37.5 Å². The van der Waals surface area contributed by atoms with E-state index in [2.05, 4.69) is 27.4 Å². The Morgan fingerprint density at radius 2 is 1.88 bits per heavy atom. The van der Waals surface area contributed by atoms with E-state index in [9.17, 15) is 0 Å². The average Bonchev–Trinajstić information content (AvgIpc) is 3.48. The van der Waals surface area contributed by atoms with Crippen molar-refractivity contribution in [2.75, 3.05) is 47.0 Å². The number of methoxy groups -OCH3 is 2. The molecule has 0 aromatic heterocycles. The Labute approximate surface area is 174 Å². The van der Waals surface area contributed by atoms with Gasteiger partial charge in [-0.1, -0.05) is 12.1 Å². The molecule has 1 saturated carbocycles. The summed E-state index contributed by atoms with van der Waals surface area (Å²) in [5.41, 5.74) is 1.16. The Kier molecular flexibility index (Phi) is 11.6. The van der Waals surface area contributed by atoms with Crippen molar-refractivity contribution in [3.05, 3.63) is 29.8 Å². The van der Waals surface area contributed by atoms with Gasteiger partial charge in [0, 0.05) is 39.3 Å². The van der Waals surface area contributed by atoms with Crippen molar-refractivity contribution in [3.63, 3.8) is 0 Å². The molecule has 1 aromatic carbocycles. The van der Waals surface area contributed by atoms with Gasteiger partial charge in [0.2, 0.25) is 0 Å². The second-order valence-electron chi connectivity index (χ2n) is 6.23. The van der Waals surface area contributed by atoms with Crippen LogP contribution in [0.3, 0.4) is 0 Å². The van der Waals surface area contributed by atoms with Gasteiger partial charge in [0.15, 0.2) is 5.96 Å². The maximum Gasteiger partial charge on any atom is 0.191 e. The molecule has 6 nitrogen and oxygen atoms in total. The molecule has 0 heterocycles. The normalized spacial score (nSPS) is 14.1. The number of rotatable bonds is 11. The monoisotopic (exact) mass is 476 g/mol. The summed E-state index contributed by atoms with van der Waals surface area (Å²) in [7, 11) is 3.44. The molecule has 0 aliphatic heterocycles. The highest BCUT2D eigenvalue weighted by Gasteiger charge is 2.28. The highest BCUT2D eigenvalue weighted by atomic mass is 127. The maximum absolute atomic E-state index is 5.21. The molecule has 0 radical (unpaired) electrons. The molecule has 26 heavy (non-hydrogen) atoms. The largest absolute Gasteiger partial charge is 0.497 e. The molecule has 0 spiro atoms. The van der Waals surface area contributed by atoms with Gasteiger partial charge in [0.1, 0.15) is 5.75 Å². The number of nitrogens with zero attached hydrogens (tertiary/aromatic N) is 2. The van der Waals surface area contributed by atoms with Gasteiger partial charge in [-0.25, -0.2) is 4.99 Å². The molecular weight excluding hydrogens is 443 g/mol. The van der Waals surface area contributed by atoms with E-state index in [1.54, 1.807) is 14.2 Å². The van der Waals surface area contributed by atoms with E-state index < -0.39 is 0 Å². The SMILES string of the molecule is CCNC(=NCc1ccc(OC)cc1)NCCN(CCOC)C1CC1.I. The van der Waals surface area contributed by atoms with E-state index in [-0.39, 0.29) is 24.0 Å². The van der Waals surface area contributed by atoms with Crippen LogP contribution in [-0.2, 0) is 11.3 Å². The van der Waals surface area contributed by atoms with Gasteiger partial charge in [-0.2, -0.15) is 0 Å². The molecule has 1 fully saturated rings. The molecule has 1 aromatic rings. The summed E-state index contributed by atoms with van der Waals surface area (Å²) in [5, 5.41) is 6.74. The second kappa shape index (κ2) is 13.2. The molecule has 1 aliphatic rings. The minimum absolute atomic E-state index is 0. The quantitative estimate of drug-likeness (QED) is 0.292. The topological polar surface area (TPSA) is 58.1 Å². The minimum atomic E-state index is 0. The van der Waals surface area contributed by atoms with E-state index in [4.69, 9.17) is 9.47 Å². The fourth-order valence-electron chi connectivity index (χ4n) is 2.69. The zero-order valence-corrected chi connectivity index (χ0v) is 18.5. The summed E-state index contributed by atoms with van der Waals surface area (Å²) < 4.78 is 10.4. The third-order valence-electron chi connectivity index (χ3n) is 4.26. The van der Waals surface area contributed by atoms with Crippen LogP contribution >= 0.6 is 24.0 Å². The number of hydrogen-bond acceptors (Lipinski definition) is 4. The highest BCUT2D eigenvalue weighted by Crippen LogP contribution is 2.25. The molecule has 1 aliphatic carbocycles. The second-order valence-corrected chi connectivity index (χ2v) is 6.23. The van der Waals surface area contributed by atoms with E-state index in [0.29, 0.717) is 6.54 Å². The fourth-order valence-corrected chi connectivity index (χ4v) is 2.69. The van der Waals surface area contributed by atoms with Crippen molar-refractivity contribution in [1.82, 2.24) is 15.5 Å². The van der Waals surface area contributed by atoms with Crippen LogP contribution < -0.4 is 15.4 Å². The summed E-state index contributed by atoms with van der Waals surface area (Å²) in [6.07, 6.45) is 2.63. The number of ether oxygens (including phenoxy) is 2. The lowest BCUT2D eigenvalue weighted by Crippen LogP contribution is -2.42. The van der Waals surface area contributed by atoms with Gasteiger partial charge in [0.05, 0.1) is 20.3 Å². The summed E-state index contributed by atoms with van der Waals surface area (Å²) in [5.74, 6) is 1.73. The third-order valence-corrected chi connectivity index (χ3v) is 4.26. The van der Waals surface area contributed by atoms with Crippen LogP contribution in [0, 0.1) is 0 Å². The zero-order valence-electron chi connectivity index (χ0n) is 16.2. The number of benzene rings is 1. The molecule has 7 heteroatoms. The molecule has 0 amide bonds. The van der Waals surface area contributed by atoms with Gasteiger partial charge in [-0.3, -0.25) is 4.90 Å². The molecule has 148 valence electrons. The molecule has 2 N–H and O–H groups in total. The first kappa shape index (κ1) is 23.0. The van der Waals surface area contributed by atoms with Crippen LogP contribution in [0.5, 0.6) is 5.75 Å². The first-order valence-electron chi connectivity index (χ1n) is 9.15. The van der Waals surface area contributed by atoms with Crippen molar-refractivity contribution in [3.8, 4) is 5.75 Å². The van der Waals surface area contributed by atoms with Gasteiger partial charge in [0.25, 0.3) is 0 Å². The predicted molar refractivity (Wildman–Crippen MR) is 118 cm³/mol. The molecule has 0 atom stereocenters. The molecule has 0 unspecified atom stereocenters. The molecule has 2 rings (SSSR count). The number of aliphatic imine (C=N–C) groups is 1. The smallest absolute Gasteiger partial charge is 0.191 e. The van der Waals surface area contributed by atoms with Crippen molar-refractivity contribution in [2.24, 2.45) is 4.99 Å². The van der Waals surface area contributed by atoms with Gasteiger partial charge >= 0.3 is 0 Å². The first-order valence-corrected chi connectivity index (χ1v) is 9.15. The fraction of sp³-hybridized carbons (Fsp3) is 0.632. The van der Waals surface area contributed by atoms with Crippen molar-refractivity contribution < 1.29 is 9.47 Å². The van der Waals surface area contributed by atoms with E-state index in [1.807, 2.05) is 24.3 Å². The summed E-state index contributed by atoms with van der Waals surface area (Å²) in [6, 6.07) is 8.77. The third kappa shape index (κ3) is 8.55. The summed E-state index contributed by atoms with van der Waals surface area (Å²) in [6.45, 7) is 7.28. The Balaban J connectivity index is 0.00000338. The predicted octanol–water partition coefficient (Wildman–Crippen LogP) is 2.48. The van der Waals surface area contributed by atoms with Crippen LogP contribution in [0.25, 0.3) is 0 Å². The van der Waals surface area contributed by atoms with Gasteiger partial charge < -0.3 is 20.1 Å². The number of halogens is 1. The van der Waals surface area contributed by atoms with Gasteiger partial charge in [-0.15, -0.1) is 24.0 Å². The van der Waals surface area contributed by atoms with E-state index in [0.717, 1.165) is 56.1 Å². The first-order chi connectivity index (χ1) is 12.3. The molecule has 0 bridgehead atoms. The van der Waals surface area contributed by atoms with Crippen LogP contribution in [0.15, 0.2) is 29.3 Å². The van der Waals surface area contributed by atoms with Crippen LogP contribution in [0.2, 0.25) is 0 Å². The zero-order chi connectivity index (χ0) is 17.9. The van der Waals surface area contributed by atoms with Crippen molar-refractivity contribution in [1.29, 1.82) is 0 Å². The maximum atomic E-state index is 5.21. The highest BCUT2D eigenvalue weighted by molar-refractivity contribution is 14.0. The van der Waals surface area contributed by atoms with Crippen molar-refractivity contribution in [2.45, 2.75) is 32.4 Å². The lowest BCUT2D eigenvalue weighted by Gasteiger charge is -2.22. The Hall–Kier alpha value is -1.06. The van der Waals surface area contributed by atoms with Crippen LogP contribution in [0.1, 0.15) is 25.3 Å². The summed E-state index contributed by atoms with van der Waals surface area (Å²) >= 11 is 0. The van der Waals surface area contributed by atoms with Crippen LogP contribution in [-0.4, -0.2) is 63.9 Å². The van der Waals surface area contributed by atoms with Crippen LogP contribution in [0.4, 0.5) is 0 Å². The van der Waals surface area contributed by atoms with Crippen molar-refractivity contribution >= 4 is 29.9 Å². The molecule has 0 saturated heterocycles. The number of nitrogens with one attached hydrogen (secondary N) is 2. The lowest BCUT2D eigenvalue weighted by atomic mass is 10.2. The molecular formula is C19H33IN4O2. The minimum Gasteiger partial charge on any atom is -0.497 e. The average molecular weight is 476 g/mol. The Morgan fingerprint density at radius 3 is 2.46 bits per heavy atom. The lowest BCUT2D eigenvalue weighted by molar-refractivity contribution is 0.144.